The molecule has 3 rings (SSSR count). The Labute approximate surface area is 128 Å². The lowest BCUT2D eigenvalue weighted by molar-refractivity contribution is 0.224. The van der Waals surface area contributed by atoms with E-state index < -0.39 is 6.10 Å². The van der Waals surface area contributed by atoms with Gasteiger partial charge in [-0.05, 0) is 47.5 Å². The number of benzene rings is 2. The average Bonchev–Trinajstić information content (AvgIpc) is 3.05. The minimum absolute atomic E-state index is 0.566. The molecule has 0 aliphatic rings. The molecule has 0 spiro atoms. The van der Waals surface area contributed by atoms with Gasteiger partial charge in [-0.1, -0.05) is 30.3 Å². The quantitative estimate of drug-likeness (QED) is 0.768. The molecule has 1 N–H and O–H groups in total. The van der Waals surface area contributed by atoms with Gasteiger partial charge in [0.1, 0.15) is 11.9 Å². The molecular formula is C18H16O2S. The Hall–Kier alpha value is -2.10. The molecule has 2 nitrogen and oxygen atoms in total. The molecule has 0 saturated carbocycles. The highest BCUT2D eigenvalue weighted by molar-refractivity contribution is 7.15. The molecule has 0 aliphatic heterocycles. The maximum absolute atomic E-state index is 10.4. The molecule has 0 amide bonds. The lowest BCUT2D eigenvalue weighted by Crippen LogP contribution is -1.95. The number of hydrogen-bond acceptors (Lipinski definition) is 3. The Kier molecular flexibility index (Phi) is 4.04. The van der Waals surface area contributed by atoms with Crippen molar-refractivity contribution in [1.29, 1.82) is 0 Å². The second-order valence-electron chi connectivity index (χ2n) is 4.74. The summed E-state index contributed by atoms with van der Waals surface area (Å²) in [4.78, 5) is 2.09. The van der Waals surface area contributed by atoms with E-state index in [2.05, 4.69) is 0 Å². The van der Waals surface area contributed by atoms with Gasteiger partial charge in [-0.25, -0.2) is 0 Å². The lowest BCUT2D eigenvalue weighted by atomic mass is 10.1. The third kappa shape index (κ3) is 2.99. The van der Waals surface area contributed by atoms with Gasteiger partial charge in [-0.15, -0.1) is 11.3 Å². The summed E-state index contributed by atoms with van der Waals surface area (Å²) in [6.07, 6.45) is -0.566. The third-order valence-corrected chi connectivity index (χ3v) is 4.57. The first-order chi connectivity index (χ1) is 10.3. The molecular weight excluding hydrogens is 280 g/mol. The molecule has 1 unspecified atom stereocenters. The Morgan fingerprint density at radius 3 is 2.29 bits per heavy atom. The van der Waals surface area contributed by atoms with Crippen LogP contribution in [0.15, 0.2) is 66.7 Å². The summed E-state index contributed by atoms with van der Waals surface area (Å²) in [6.45, 7) is 0. The fourth-order valence-corrected chi connectivity index (χ4v) is 3.24. The fourth-order valence-electron chi connectivity index (χ4n) is 2.21. The Bertz CT molecular complexity index is 702. The van der Waals surface area contributed by atoms with Gasteiger partial charge in [-0.2, -0.15) is 0 Å². The summed E-state index contributed by atoms with van der Waals surface area (Å²) in [5, 5.41) is 10.4. The molecule has 1 atom stereocenters. The number of methoxy groups -OCH3 is 1. The van der Waals surface area contributed by atoms with Gasteiger partial charge in [0.15, 0.2) is 0 Å². The molecule has 1 heterocycles. The van der Waals surface area contributed by atoms with E-state index in [1.807, 2.05) is 66.7 Å². The van der Waals surface area contributed by atoms with E-state index in [0.717, 1.165) is 26.6 Å². The largest absolute Gasteiger partial charge is 0.497 e. The van der Waals surface area contributed by atoms with Crippen LogP contribution in [0, 0.1) is 0 Å². The van der Waals surface area contributed by atoms with Crippen molar-refractivity contribution in [2.24, 2.45) is 0 Å². The SMILES string of the molecule is COc1ccc(-c2ccc(C(O)c3ccccc3)s2)cc1. The molecule has 0 bridgehead atoms. The highest BCUT2D eigenvalue weighted by Crippen LogP contribution is 2.34. The summed E-state index contributed by atoms with van der Waals surface area (Å²) >= 11 is 1.61. The minimum Gasteiger partial charge on any atom is -0.497 e. The topological polar surface area (TPSA) is 29.5 Å². The van der Waals surface area contributed by atoms with Crippen LogP contribution >= 0.6 is 11.3 Å². The van der Waals surface area contributed by atoms with Crippen molar-refractivity contribution in [3.8, 4) is 16.2 Å². The summed E-state index contributed by atoms with van der Waals surface area (Å²) in [6, 6.07) is 21.7. The van der Waals surface area contributed by atoms with Crippen LogP contribution in [0.1, 0.15) is 16.5 Å². The first kappa shape index (κ1) is 13.9. The van der Waals surface area contributed by atoms with Gasteiger partial charge in [0.05, 0.1) is 7.11 Å². The maximum atomic E-state index is 10.4. The predicted octanol–water partition coefficient (Wildman–Crippen LogP) is 4.51. The van der Waals surface area contributed by atoms with Crippen molar-refractivity contribution < 1.29 is 9.84 Å². The van der Waals surface area contributed by atoms with Crippen LogP contribution < -0.4 is 4.74 Å². The third-order valence-electron chi connectivity index (χ3n) is 3.39. The van der Waals surface area contributed by atoms with Crippen LogP contribution in [0.5, 0.6) is 5.75 Å². The van der Waals surface area contributed by atoms with E-state index in [9.17, 15) is 5.11 Å². The van der Waals surface area contributed by atoms with Gasteiger partial charge in [0, 0.05) is 9.75 Å². The van der Waals surface area contributed by atoms with Crippen molar-refractivity contribution in [2.75, 3.05) is 7.11 Å². The predicted molar refractivity (Wildman–Crippen MR) is 86.8 cm³/mol. The standard InChI is InChI=1S/C18H16O2S/c1-20-15-9-7-13(8-10-15)16-11-12-17(21-16)18(19)14-5-3-2-4-6-14/h2-12,18-19H,1H3. The molecule has 1 aromatic heterocycles. The Morgan fingerprint density at radius 1 is 0.905 bits per heavy atom. The summed E-state index contributed by atoms with van der Waals surface area (Å²) in [5.74, 6) is 0.847. The fraction of sp³-hybridized carbons (Fsp3) is 0.111. The van der Waals surface area contributed by atoms with Crippen molar-refractivity contribution in [1.82, 2.24) is 0 Å². The van der Waals surface area contributed by atoms with Gasteiger partial charge < -0.3 is 9.84 Å². The second-order valence-corrected chi connectivity index (χ2v) is 5.86. The van der Waals surface area contributed by atoms with Gasteiger partial charge in [0.25, 0.3) is 0 Å². The van der Waals surface area contributed by atoms with Gasteiger partial charge in [0.2, 0.25) is 0 Å². The van der Waals surface area contributed by atoms with Crippen LogP contribution in [0.25, 0.3) is 10.4 Å². The van der Waals surface area contributed by atoms with E-state index in [1.165, 1.54) is 0 Å². The minimum atomic E-state index is -0.566. The Morgan fingerprint density at radius 2 is 1.62 bits per heavy atom. The number of hydrogen-bond donors (Lipinski definition) is 1. The van der Waals surface area contributed by atoms with Crippen LogP contribution in [-0.4, -0.2) is 12.2 Å². The van der Waals surface area contributed by atoms with Crippen molar-refractivity contribution in [3.05, 3.63) is 77.2 Å². The first-order valence-electron chi connectivity index (χ1n) is 6.75. The molecule has 0 radical (unpaired) electrons. The number of thiophene rings is 1. The van der Waals surface area contributed by atoms with E-state index >= 15 is 0 Å². The molecule has 0 fully saturated rings. The monoisotopic (exact) mass is 296 g/mol. The van der Waals surface area contributed by atoms with Crippen LogP contribution in [0.2, 0.25) is 0 Å². The summed E-state index contributed by atoms with van der Waals surface area (Å²) in [7, 11) is 1.66. The summed E-state index contributed by atoms with van der Waals surface area (Å²) in [5.41, 5.74) is 2.05. The lowest BCUT2D eigenvalue weighted by Gasteiger charge is -2.08. The normalized spacial score (nSPS) is 12.1. The van der Waals surface area contributed by atoms with Crippen LogP contribution in [0.4, 0.5) is 0 Å². The zero-order chi connectivity index (χ0) is 14.7. The molecule has 0 saturated heterocycles. The molecule has 0 aliphatic carbocycles. The van der Waals surface area contributed by atoms with E-state index in [1.54, 1.807) is 18.4 Å². The van der Waals surface area contributed by atoms with E-state index in [4.69, 9.17) is 4.74 Å². The number of aliphatic hydroxyl groups excluding tert-OH is 1. The van der Waals surface area contributed by atoms with Crippen molar-refractivity contribution >= 4 is 11.3 Å². The van der Waals surface area contributed by atoms with Gasteiger partial charge in [-0.3, -0.25) is 0 Å². The molecule has 106 valence electrons. The second kappa shape index (κ2) is 6.12. The maximum Gasteiger partial charge on any atom is 0.118 e. The van der Waals surface area contributed by atoms with Crippen LogP contribution in [-0.2, 0) is 0 Å². The van der Waals surface area contributed by atoms with E-state index in [0.29, 0.717) is 0 Å². The Balaban J connectivity index is 1.85. The highest BCUT2D eigenvalue weighted by Gasteiger charge is 2.13. The smallest absolute Gasteiger partial charge is 0.118 e. The number of rotatable bonds is 4. The highest BCUT2D eigenvalue weighted by atomic mass is 32.1. The number of ether oxygens (including phenoxy) is 1. The zero-order valence-electron chi connectivity index (χ0n) is 11.7. The average molecular weight is 296 g/mol. The summed E-state index contributed by atoms with van der Waals surface area (Å²) < 4.78 is 5.17. The molecule has 3 aromatic rings. The van der Waals surface area contributed by atoms with Crippen LogP contribution in [0.3, 0.4) is 0 Å². The molecule has 2 aromatic carbocycles. The van der Waals surface area contributed by atoms with E-state index in [-0.39, 0.29) is 0 Å². The zero-order valence-corrected chi connectivity index (χ0v) is 12.5. The first-order valence-corrected chi connectivity index (χ1v) is 7.57. The van der Waals surface area contributed by atoms with Gasteiger partial charge >= 0.3 is 0 Å². The molecule has 3 heteroatoms. The number of aliphatic hydroxyl groups is 1. The van der Waals surface area contributed by atoms with Crippen molar-refractivity contribution in [3.63, 3.8) is 0 Å². The molecule has 21 heavy (non-hydrogen) atoms. The van der Waals surface area contributed by atoms with Crippen molar-refractivity contribution in [2.45, 2.75) is 6.10 Å².